The van der Waals surface area contributed by atoms with Gasteiger partial charge in [0.25, 0.3) is 5.69 Å². The Balaban J connectivity index is 2.17. The van der Waals surface area contributed by atoms with Gasteiger partial charge in [-0.05, 0) is 19.4 Å². The number of aryl methyl sites for hydroxylation is 1. The fourth-order valence-corrected chi connectivity index (χ4v) is 2.57. The lowest BCUT2D eigenvalue weighted by atomic mass is 10.1. The van der Waals surface area contributed by atoms with Crippen molar-refractivity contribution in [3.05, 3.63) is 50.0 Å². The zero-order valence-corrected chi connectivity index (χ0v) is 12.6. The first-order chi connectivity index (χ1) is 10.0. The topological polar surface area (TPSA) is 85.5 Å². The minimum absolute atomic E-state index is 0.0693. The van der Waals surface area contributed by atoms with E-state index in [0.717, 1.165) is 17.1 Å². The van der Waals surface area contributed by atoms with E-state index in [-0.39, 0.29) is 12.3 Å². The van der Waals surface area contributed by atoms with E-state index >= 15 is 0 Å². The molecular weight excluding hydrogens is 292 g/mol. The molecule has 1 heterocycles. The highest BCUT2D eigenvalue weighted by Gasteiger charge is 2.15. The van der Waals surface area contributed by atoms with Crippen molar-refractivity contribution in [1.29, 1.82) is 0 Å². The number of nitro benzene ring substituents is 1. The number of rotatable bonds is 6. The molecule has 1 aromatic carbocycles. The molecule has 0 aliphatic rings. The number of non-ortho nitro benzene ring substituents is 1. The van der Waals surface area contributed by atoms with Gasteiger partial charge in [0.05, 0.1) is 21.7 Å². The third kappa shape index (κ3) is 3.77. The van der Waals surface area contributed by atoms with Crippen molar-refractivity contribution in [3.8, 4) is 5.75 Å². The van der Waals surface area contributed by atoms with Gasteiger partial charge >= 0.3 is 0 Å². The van der Waals surface area contributed by atoms with E-state index in [9.17, 15) is 15.2 Å². The average molecular weight is 308 g/mol. The number of hydrogen-bond acceptors (Lipinski definition) is 6. The van der Waals surface area contributed by atoms with Crippen LogP contribution in [0.15, 0.2) is 23.6 Å². The number of ether oxygens (including phenoxy) is 1. The summed E-state index contributed by atoms with van der Waals surface area (Å²) in [5.74, 6) is 0.432. The van der Waals surface area contributed by atoms with Crippen LogP contribution in [0.4, 0.5) is 5.69 Å². The number of nitro groups is 1. The van der Waals surface area contributed by atoms with E-state index in [1.165, 1.54) is 18.2 Å². The highest BCUT2D eigenvalue weighted by Crippen LogP contribution is 2.30. The van der Waals surface area contributed by atoms with E-state index < -0.39 is 11.0 Å². The van der Waals surface area contributed by atoms with Crippen molar-refractivity contribution in [2.45, 2.75) is 33.0 Å². The minimum atomic E-state index is -0.846. The second-order valence-corrected chi connectivity index (χ2v) is 5.47. The van der Waals surface area contributed by atoms with Gasteiger partial charge in [-0.25, -0.2) is 4.98 Å². The van der Waals surface area contributed by atoms with Crippen LogP contribution >= 0.6 is 11.3 Å². The third-order valence-corrected chi connectivity index (χ3v) is 3.97. The summed E-state index contributed by atoms with van der Waals surface area (Å²) in [6.07, 6.45) is 0.0303. The van der Waals surface area contributed by atoms with Gasteiger partial charge in [0.15, 0.2) is 0 Å². The molecule has 2 aromatic rings. The Kier molecular flexibility index (Phi) is 4.87. The Labute approximate surface area is 126 Å². The summed E-state index contributed by atoms with van der Waals surface area (Å²) >= 11 is 1.57. The summed E-state index contributed by atoms with van der Waals surface area (Å²) in [7, 11) is 0. The lowest BCUT2D eigenvalue weighted by Crippen LogP contribution is -2.02. The normalized spacial score (nSPS) is 12.1. The Morgan fingerprint density at radius 3 is 2.86 bits per heavy atom. The molecule has 0 bridgehead atoms. The summed E-state index contributed by atoms with van der Waals surface area (Å²) in [6.45, 7) is 3.85. The average Bonchev–Trinajstić information content (AvgIpc) is 2.92. The molecule has 112 valence electrons. The maximum absolute atomic E-state index is 10.8. The molecule has 7 heteroatoms. The molecule has 0 aliphatic heterocycles. The number of hydrogen-bond donors (Lipinski definition) is 1. The van der Waals surface area contributed by atoms with Gasteiger partial charge in [-0.15, -0.1) is 11.3 Å². The van der Waals surface area contributed by atoms with Crippen molar-refractivity contribution < 1.29 is 14.8 Å². The van der Waals surface area contributed by atoms with Gasteiger partial charge in [0.1, 0.15) is 12.4 Å². The van der Waals surface area contributed by atoms with Gasteiger partial charge in [-0.2, -0.15) is 0 Å². The van der Waals surface area contributed by atoms with Crippen LogP contribution in [-0.4, -0.2) is 15.0 Å². The predicted molar refractivity (Wildman–Crippen MR) is 79.6 cm³/mol. The van der Waals surface area contributed by atoms with Crippen LogP contribution in [0.25, 0.3) is 0 Å². The number of aliphatic hydroxyl groups is 1. The fourth-order valence-electron chi connectivity index (χ4n) is 1.84. The van der Waals surface area contributed by atoms with Crippen molar-refractivity contribution in [3.63, 3.8) is 0 Å². The summed E-state index contributed by atoms with van der Waals surface area (Å²) in [5, 5.41) is 23.5. The molecule has 1 N–H and O–H groups in total. The quantitative estimate of drug-likeness (QED) is 0.654. The Morgan fingerprint density at radius 1 is 1.52 bits per heavy atom. The lowest BCUT2D eigenvalue weighted by Gasteiger charge is -2.12. The summed E-state index contributed by atoms with van der Waals surface area (Å²) in [4.78, 5) is 14.7. The highest BCUT2D eigenvalue weighted by atomic mass is 32.1. The summed E-state index contributed by atoms with van der Waals surface area (Å²) in [5.41, 5.74) is 1.14. The molecule has 21 heavy (non-hydrogen) atoms. The second kappa shape index (κ2) is 6.64. The number of aliphatic hydroxyl groups excluding tert-OH is 1. The fraction of sp³-hybridized carbons (Fsp3) is 0.357. The lowest BCUT2D eigenvalue weighted by molar-refractivity contribution is -0.385. The van der Waals surface area contributed by atoms with E-state index in [2.05, 4.69) is 4.98 Å². The zero-order chi connectivity index (χ0) is 15.4. The standard InChI is InChI=1S/C14H16N2O4S/c1-3-14-15-10(8-21-14)7-20-13-5-4-11(16(18)19)6-12(13)9(2)17/h4-6,8-9,17H,3,7H2,1-2H3. The minimum Gasteiger partial charge on any atom is -0.487 e. The van der Waals surface area contributed by atoms with Gasteiger partial charge in [-0.1, -0.05) is 6.92 Å². The van der Waals surface area contributed by atoms with Gasteiger partial charge in [0, 0.05) is 23.1 Å². The van der Waals surface area contributed by atoms with Crippen LogP contribution < -0.4 is 4.74 Å². The highest BCUT2D eigenvalue weighted by molar-refractivity contribution is 7.09. The van der Waals surface area contributed by atoms with E-state index in [1.54, 1.807) is 18.3 Å². The first-order valence-corrected chi connectivity index (χ1v) is 7.41. The van der Waals surface area contributed by atoms with Crippen LogP contribution in [0.3, 0.4) is 0 Å². The molecule has 1 unspecified atom stereocenters. The SMILES string of the molecule is CCc1nc(COc2ccc([N+](=O)[O-])cc2C(C)O)cs1. The number of nitrogens with zero attached hydrogens (tertiary/aromatic N) is 2. The van der Waals surface area contributed by atoms with Gasteiger partial charge < -0.3 is 9.84 Å². The largest absolute Gasteiger partial charge is 0.487 e. The maximum atomic E-state index is 10.8. The number of benzene rings is 1. The van der Waals surface area contributed by atoms with E-state index in [0.29, 0.717) is 11.3 Å². The first kappa shape index (κ1) is 15.4. The molecule has 0 saturated heterocycles. The Bertz CT molecular complexity index is 640. The van der Waals surface area contributed by atoms with E-state index in [4.69, 9.17) is 4.74 Å². The van der Waals surface area contributed by atoms with Crippen LogP contribution in [-0.2, 0) is 13.0 Å². The van der Waals surface area contributed by atoms with Crippen LogP contribution in [0, 0.1) is 10.1 Å². The predicted octanol–water partition coefficient (Wildman–Crippen LogP) is 3.25. The number of aromatic nitrogens is 1. The molecule has 0 saturated carbocycles. The molecule has 6 nitrogen and oxygen atoms in total. The molecular formula is C14H16N2O4S. The third-order valence-electron chi connectivity index (χ3n) is 2.93. The molecule has 2 rings (SSSR count). The maximum Gasteiger partial charge on any atom is 0.270 e. The van der Waals surface area contributed by atoms with Crippen molar-refractivity contribution in [2.75, 3.05) is 0 Å². The zero-order valence-electron chi connectivity index (χ0n) is 11.8. The molecule has 0 aliphatic carbocycles. The summed E-state index contributed by atoms with van der Waals surface area (Å²) < 4.78 is 5.64. The molecule has 0 fully saturated rings. The molecule has 1 aromatic heterocycles. The van der Waals surface area contributed by atoms with Gasteiger partial charge in [0.2, 0.25) is 0 Å². The Morgan fingerprint density at radius 2 is 2.29 bits per heavy atom. The van der Waals surface area contributed by atoms with Crippen molar-refractivity contribution in [1.82, 2.24) is 4.98 Å². The monoisotopic (exact) mass is 308 g/mol. The molecule has 0 radical (unpaired) electrons. The van der Waals surface area contributed by atoms with Crippen molar-refractivity contribution >= 4 is 17.0 Å². The molecule has 0 amide bonds. The second-order valence-electron chi connectivity index (χ2n) is 4.53. The van der Waals surface area contributed by atoms with Crippen LogP contribution in [0.1, 0.15) is 36.2 Å². The molecule has 0 spiro atoms. The van der Waals surface area contributed by atoms with Crippen LogP contribution in [0.5, 0.6) is 5.75 Å². The first-order valence-electron chi connectivity index (χ1n) is 6.53. The Hall–Kier alpha value is -1.99. The van der Waals surface area contributed by atoms with Crippen LogP contribution in [0.2, 0.25) is 0 Å². The van der Waals surface area contributed by atoms with Gasteiger partial charge in [-0.3, -0.25) is 10.1 Å². The molecule has 1 atom stereocenters. The number of thiazole rings is 1. The van der Waals surface area contributed by atoms with Crippen molar-refractivity contribution in [2.24, 2.45) is 0 Å². The summed E-state index contributed by atoms with van der Waals surface area (Å²) in [6, 6.07) is 4.20. The smallest absolute Gasteiger partial charge is 0.270 e. The van der Waals surface area contributed by atoms with E-state index in [1.807, 2.05) is 12.3 Å².